The van der Waals surface area contributed by atoms with Gasteiger partial charge in [-0.2, -0.15) is 0 Å². The molecular weight excluding hydrogens is 254 g/mol. The molecule has 0 saturated carbocycles. The summed E-state index contributed by atoms with van der Waals surface area (Å²) in [7, 11) is 0. The van der Waals surface area contributed by atoms with Crippen molar-refractivity contribution in [3.63, 3.8) is 0 Å². The van der Waals surface area contributed by atoms with Crippen molar-refractivity contribution >= 4 is 11.7 Å². The Labute approximate surface area is 118 Å². The molecule has 2 heterocycles. The van der Waals surface area contributed by atoms with Gasteiger partial charge in [0.05, 0.1) is 6.26 Å². The lowest BCUT2D eigenvalue weighted by molar-refractivity contribution is 0.0953. The number of aromatic nitrogens is 1. The van der Waals surface area contributed by atoms with E-state index in [0.29, 0.717) is 18.5 Å². The van der Waals surface area contributed by atoms with E-state index in [1.807, 2.05) is 12.1 Å². The molecule has 5 nitrogen and oxygen atoms in total. The molecule has 2 rings (SSSR count). The number of hydrogen-bond acceptors (Lipinski definition) is 4. The van der Waals surface area contributed by atoms with Gasteiger partial charge in [-0.3, -0.25) is 4.79 Å². The van der Waals surface area contributed by atoms with E-state index in [2.05, 4.69) is 22.5 Å². The number of carbonyl (C=O) groups is 1. The highest BCUT2D eigenvalue weighted by Crippen LogP contribution is 2.07. The molecule has 20 heavy (non-hydrogen) atoms. The highest BCUT2D eigenvalue weighted by atomic mass is 16.3. The molecule has 0 bridgehead atoms. The number of nitrogens with zero attached hydrogens (tertiary/aromatic N) is 1. The maximum absolute atomic E-state index is 12.0. The second kappa shape index (κ2) is 7.33. The fraction of sp³-hybridized carbons (Fsp3) is 0.333. The van der Waals surface area contributed by atoms with Gasteiger partial charge in [0.15, 0.2) is 0 Å². The maximum Gasteiger partial charge on any atom is 0.251 e. The van der Waals surface area contributed by atoms with E-state index in [1.165, 1.54) is 0 Å². The fourth-order valence-electron chi connectivity index (χ4n) is 1.78. The molecule has 2 aromatic rings. The summed E-state index contributed by atoms with van der Waals surface area (Å²) in [6.07, 6.45) is 4.97. The molecule has 0 aliphatic rings. The average Bonchev–Trinajstić information content (AvgIpc) is 2.98. The number of amides is 1. The zero-order chi connectivity index (χ0) is 14.2. The second-order valence-electron chi connectivity index (χ2n) is 4.44. The van der Waals surface area contributed by atoms with Crippen molar-refractivity contribution < 1.29 is 9.21 Å². The van der Waals surface area contributed by atoms with Gasteiger partial charge >= 0.3 is 0 Å². The average molecular weight is 273 g/mol. The first-order valence-corrected chi connectivity index (χ1v) is 6.80. The van der Waals surface area contributed by atoms with E-state index in [1.54, 1.807) is 24.6 Å². The number of nitrogens with one attached hydrogen (secondary N) is 2. The molecule has 2 aromatic heterocycles. The van der Waals surface area contributed by atoms with E-state index in [-0.39, 0.29) is 5.91 Å². The number of furan rings is 1. The van der Waals surface area contributed by atoms with E-state index >= 15 is 0 Å². The minimum absolute atomic E-state index is 0.0986. The van der Waals surface area contributed by atoms with Gasteiger partial charge in [-0.25, -0.2) is 4.98 Å². The van der Waals surface area contributed by atoms with Gasteiger partial charge < -0.3 is 15.1 Å². The van der Waals surface area contributed by atoms with Gasteiger partial charge in [-0.1, -0.05) is 6.92 Å². The molecule has 0 spiro atoms. The minimum atomic E-state index is -0.0986. The van der Waals surface area contributed by atoms with Crippen molar-refractivity contribution in [3.05, 3.63) is 48.0 Å². The van der Waals surface area contributed by atoms with Gasteiger partial charge in [0.25, 0.3) is 5.91 Å². The third-order valence-electron chi connectivity index (χ3n) is 2.82. The summed E-state index contributed by atoms with van der Waals surface area (Å²) < 4.78 is 5.21. The highest BCUT2D eigenvalue weighted by molar-refractivity contribution is 5.94. The zero-order valence-corrected chi connectivity index (χ0v) is 11.6. The van der Waals surface area contributed by atoms with Crippen molar-refractivity contribution in [2.24, 2.45) is 0 Å². The quantitative estimate of drug-likeness (QED) is 0.813. The topological polar surface area (TPSA) is 67.2 Å². The van der Waals surface area contributed by atoms with Gasteiger partial charge in [0.1, 0.15) is 11.6 Å². The summed E-state index contributed by atoms with van der Waals surface area (Å²) in [5.41, 5.74) is 0.609. The van der Waals surface area contributed by atoms with Crippen LogP contribution < -0.4 is 10.6 Å². The molecule has 0 saturated heterocycles. The van der Waals surface area contributed by atoms with E-state index in [9.17, 15) is 4.79 Å². The monoisotopic (exact) mass is 273 g/mol. The van der Waals surface area contributed by atoms with Crippen molar-refractivity contribution in [3.8, 4) is 0 Å². The molecule has 0 aromatic carbocycles. The zero-order valence-electron chi connectivity index (χ0n) is 11.6. The fourth-order valence-corrected chi connectivity index (χ4v) is 1.78. The van der Waals surface area contributed by atoms with E-state index < -0.39 is 0 Å². The molecule has 5 heteroatoms. The van der Waals surface area contributed by atoms with Crippen LogP contribution in [0.15, 0.2) is 41.1 Å². The first kappa shape index (κ1) is 14.1. The Morgan fingerprint density at radius 1 is 1.35 bits per heavy atom. The lowest BCUT2D eigenvalue weighted by Gasteiger charge is -2.07. The number of carbonyl (C=O) groups excluding carboxylic acids is 1. The first-order valence-electron chi connectivity index (χ1n) is 6.80. The van der Waals surface area contributed by atoms with Crippen LogP contribution in [0.1, 0.15) is 29.5 Å². The summed E-state index contributed by atoms with van der Waals surface area (Å²) in [5, 5.41) is 6.03. The van der Waals surface area contributed by atoms with Gasteiger partial charge in [0, 0.05) is 31.3 Å². The molecule has 2 N–H and O–H groups in total. The van der Waals surface area contributed by atoms with Crippen LogP contribution >= 0.6 is 0 Å². The molecule has 0 unspecified atom stereocenters. The molecule has 1 amide bonds. The largest absolute Gasteiger partial charge is 0.469 e. The Morgan fingerprint density at radius 3 is 3.00 bits per heavy atom. The summed E-state index contributed by atoms with van der Waals surface area (Å²) in [5.74, 6) is 1.49. The van der Waals surface area contributed by atoms with Crippen LogP contribution in [-0.2, 0) is 6.42 Å². The van der Waals surface area contributed by atoms with Crippen molar-refractivity contribution in [2.75, 3.05) is 18.4 Å². The van der Waals surface area contributed by atoms with Crippen LogP contribution in [0.5, 0.6) is 0 Å². The molecule has 0 atom stereocenters. The van der Waals surface area contributed by atoms with Gasteiger partial charge in [0.2, 0.25) is 0 Å². The normalized spacial score (nSPS) is 10.2. The summed E-state index contributed by atoms with van der Waals surface area (Å²) in [6.45, 7) is 3.47. The summed E-state index contributed by atoms with van der Waals surface area (Å²) >= 11 is 0. The standard InChI is InChI=1S/C15H19N3O2/c1-2-7-16-14-11-12(5-8-17-14)15(19)18-9-6-13-4-3-10-20-13/h3-5,8,10-11H,2,6-7,9H2,1H3,(H,16,17)(H,18,19). The lowest BCUT2D eigenvalue weighted by atomic mass is 10.2. The minimum Gasteiger partial charge on any atom is -0.469 e. The van der Waals surface area contributed by atoms with Crippen LogP contribution in [0.3, 0.4) is 0 Å². The number of hydrogen-bond donors (Lipinski definition) is 2. The predicted molar refractivity (Wildman–Crippen MR) is 77.8 cm³/mol. The lowest BCUT2D eigenvalue weighted by Crippen LogP contribution is -2.25. The molecule has 0 fully saturated rings. The number of pyridine rings is 1. The summed E-state index contributed by atoms with van der Waals surface area (Å²) in [6, 6.07) is 7.20. The van der Waals surface area contributed by atoms with Crippen LogP contribution in [0.4, 0.5) is 5.82 Å². The van der Waals surface area contributed by atoms with Crippen molar-refractivity contribution in [1.29, 1.82) is 0 Å². The second-order valence-corrected chi connectivity index (χ2v) is 4.44. The first-order chi connectivity index (χ1) is 9.79. The summed E-state index contributed by atoms with van der Waals surface area (Å²) in [4.78, 5) is 16.2. The van der Waals surface area contributed by atoms with Crippen LogP contribution in [0.25, 0.3) is 0 Å². The van der Waals surface area contributed by atoms with Crippen molar-refractivity contribution in [1.82, 2.24) is 10.3 Å². The maximum atomic E-state index is 12.0. The SMILES string of the molecule is CCCNc1cc(C(=O)NCCc2ccco2)ccn1. The Hall–Kier alpha value is -2.30. The van der Waals surface area contributed by atoms with Gasteiger partial charge in [-0.05, 0) is 30.7 Å². The third-order valence-corrected chi connectivity index (χ3v) is 2.82. The van der Waals surface area contributed by atoms with Crippen LogP contribution in [0.2, 0.25) is 0 Å². The van der Waals surface area contributed by atoms with Gasteiger partial charge in [-0.15, -0.1) is 0 Å². The smallest absolute Gasteiger partial charge is 0.251 e. The Balaban J connectivity index is 1.85. The molecule has 0 radical (unpaired) electrons. The van der Waals surface area contributed by atoms with Crippen LogP contribution in [0, 0.1) is 0 Å². The van der Waals surface area contributed by atoms with E-state index in [0.717, 1.165) is 24.5 Å². The van der Waals surface area contributed by atoms with Crippen molar-refractivity contribution in [2.45, 2.75) is 19.8 Å². The Morgan fingerprint density at radius 2 is 2.25 bits per heavy atom. The highest BCUT2D eigenvalue weighted by Gasteiger charge is 2.06. The molecular formula is C15H19N3O2. The molecule has 106 valence electrons. The third kappa shape index (κ3) is 4.12. The Kier molecular flexibility index (Phi) is 5.17. The van der Waals surface area contributed by atoms with E-state index in [4.69, 9.17) is 4.42 Å². The molecule has 0 aliphatic heterocycles. The van der Waals surface area contributed by atoms with Crippen LogP contribution in [-0.4, -0.2) is 24.0 Å². The number of rotatable bonds is 7. The predicted octanol–water partition coefficient (Wildman–Crippen LogP) is 2.47. The number of anilines is 1. The molecule has 0 aliphatic carbocycles. The Bertz CT molecular complexity index is 538.